The number of hydrogen-bond acceptors (Lipinski definition) is 5. The van der Waals surface area contributed by atoms with Gasteiger partial charge in [-0.05, 0) is 86.9 Å². The summed E-state index contributed by atoms with van der Waals surface area (Å²) < 4.78 is 38.3. The summed E-state index contributed by atoms with van der Waals surface area (Å²) >= 11 is 10.3. The molecule has 0 atom stereocenters. The van der Waals surface area contributed by atoms with Crippen LogP contribution in [-0.4, -0.2) is 23.2 Å². The van der Waals surface area contributed by atoms with Crippen LogP contribution in [0.3, 0.4) is 0 Å². The Kier molecular flexibility index (Phi) is 7.78. The summed E-state index contributed by atoms with van der Waals surface area (Å²) in [5.74, 6) is -0.468. The predicted molar refractivity (Wildman–Crippen MR) is 134 cm³/mol. The van der Waals surface area contributed by atoms with Gasteiger partial charge in [0.15, 0.2) is 11.5 Å². The first-order valence-electron chi connectivity index (χ1n) is 10.2. The molecular weight excluding hydrogens is 564 g/mol. The second kappa shape index (κ2) is 10.8. The molecule has 2 amide bonds. The van der Waals surface area contributed by atoms with Crippen molar-refractivity contribution in [1.82, 2.24) is 4.90 Å². The zero-order valence-corrected chi connectivity index (χ0v) is 21.3. The number of carbonyl (C=O) groups excluding carboxylic acids is 2. The molecule has 1 saturated heterocycles. The van der Waals surface area contributed by atoms with Gasteiger partial charge in [0.05, 0.1) is 23.0 Å². The van der Waals surface area contributed by atoms with Crippen molar-refractivity contribution in [2.24, 2.45) is 0 Å². The number of benzene rings is 3. The van der Waals surface area contributed by atoms with Crippen molar-refractivity contribution in [2.75, 3.05) is 7.11 Å². The minimum absolute atomic E-state index is 0.0652. The number of imide groups is 1. The highest BCUT2D eigenvalue weighted by Crippen LogP contribution is 2.40. The molecule has 0 spiro atoms. The van der Waals surface area contributed by atoms with Gasteiger partial charge in [-0.15, -0.1) is 0 Å². The number of amides is 2. The maximum Gasteiger partial charge on any atom is 0.293 e. The maximum absolute atomic E-state index is 13.3. The average molecular weight is 581 g/mol. The van der Waals surface area contributed by atoms with E-state index in [1.165, 1.54) is 31.4 Å². The number of methoxy groups -OCH3 is 1. The molecule has 0 aliphatic carbocycles. The van der Waals surface area contributed by atoms with Crippen molar-refractivity contribution >= 4 is 56.5 Å². The molecular formula is C25H17BrClF2NO4S. The van der Waals surface area contributed by atoms with Gasteiger partial charge in [0.1, 0.15) is 18.2 Å². The Morgan fingerprint density at radius 3 is 2.46 bits per heavy atom. The first-order valence-corrected chi connectivity index (χ1v) is 12.2. The van der Waals surface area contributed by atoms with E-state index in [1.807, 2.05) is 0 Å². The molecule has 35 heavy (non-hydrogen) atoms. The van der Waals surface area contributed by atoms with Crippen LogP contribution < -0.4 is 9.47 Å². The zero-order valence-electron chi connectivity index (χ0n) is 18.2. The van der Waals surface area contributed by atoms with E-state index in [0.29, 0.717) is 27.1 Å². The van der Waals surface area contributed by atoms with Gasteiger partial charge in [-0.3, -0.25) is 14.5 Å². The van der Waals surface area contributed by atoms with E-state index in [1.54, 1.807) is 30.3 Å². The van der Waals surface area contributed by atoms with E-state index in [0.717, 1.165) is 28.3 Å². The number of rotatable bonds is 7. The van der Waals surface area contributed by atoms with Crippen molar-refractivity contribution in [3.63, 3.8) is 0 Å². The van der Waals surface area contributed by atoms with Crippen LogP contribution in [0.1, 0.15) is 16.7 Å². The number of halogens is 4. The molecule has 180 valence electrons. The molecule has 1 heterocycles. The van der Waals surface area contributed by atoms with Crippen LogP contribution in [0, 0.1) is 11.6 Å². The number of thioether (sulfide) groups is 1. The number of carbonyl (C=O) groups is 2. The van der Waals surface area contributed by atoms with Gasteiger partial charge in [-0.25, -0.2) is 8.78 Å². The van der Waals surface area contributed by atoms with Crippen molar-refractivity contribution in [1.29, 1.82) is 0 Å². The monoisotopic (exact) mass is 579 g/mol. The Bertz CT molecular complexity index is 1330. The number of hydrogen-bond donors (Lipinski definition) is 0. The Balaban J connectivity index is 1.53. The molecule has 0 N–H and O–H groups in total. The molecule has 3 aromatic rings. The van der Waals surface area contributed by atoms with Crippen LogP contribution in [-0.2, 0) is 17.9 Å². The van der Waals surface area contributed by atoms with Crippen molar-refractivity contribution in [2.45, 2.75) is 13.2 Å². The van der Waals surface area contributed by atoms with Crippen LogP contribution in [0.5, 0.6) is 11.5 Å². The molecule has 1 fully saturated rings. The first kappa shape index (κ1) is 25.2. The van der Waals surface area contributed by atoms with Crippen LogP contribution >= 0.6 is 39.3 Å². The molecule has 0 saturated carbocycles. The normalized spacial score (nSPS) is 14.7. The highest BCUT2D eigenvalue weighted by Gasteiger charge is 2.35. The molecule has 3 aromatic carbocycles. The van der Waals surface area contributed by atoms with E-state index in [9.17, 15) is 18.4 Å². The molecule has 10 heteroatoms. The van der Waals surface area contributed by atoms with E-state index >= 15 is 0 Å². The summed E-state index contributed by atoms with van der Waals surface area (Å²) in [4.78, 5) is 26.7. The first-order chi connectivity index (χ1) is 16.7. The fraction of sp³-hybridized carbons (Fsp3) is 0.120. The van der Waals surface area contributed by atoms with Gasteiger partial charge >= 0.3 is 0 Å². The minimum atomic E-state index is -0.502. The molecule has 0 unspecified atom stereocenters. The van der Waals surface area contributed by atoms with Crippen molar-refractivity contribution in [3.8, 4) is 11.5 Å². The molecule has 0 radical (unpaired) electrons. The maximum atomic E-state index is 13.3. The zero-order chi connectivity index (χ0) is 25.1. The lowest BCUT2D eigenvalue weighted by Gasteiger charge is -2.14. The van der Waals surface area contributed by atoms with Crippen LogP contribution in [0.15, 0.2) is 64.0 Å². The summed E-state index contributed by atoms with van der Waals surface area (Å²) in [6, 6.07) is 13.2. The Morgan fingerprint density at radius 1 is 1.06 bits per heavy atom. The van der Waals surface area contributed by atoms with E-state index in [4.69, 9.17) is 21.1 Å². The summed E-state index contributed by atoms with van der Waals surface area (Å²) in [5.41, 5.74) is 1.84. The quantitative estimate of drug-likeness (QED) is 0.277. The third-order valence-electron chi connectivity index (χ3n) is 5.06. The Morgan fingerprint density at radius 2 is 1.77 bits per heavy atom. The van der Waals surface area contributed by atoms with Gasteiger partial charge in [-0.2, -0.15) is 0 Å². The van der Waals surface area contributed by atoms with Crippen molar-refractivity contribution in [3.05, 3.63) is 97.3 Å². The minimum Gasteiger partial charge on any atom is -0.493 e. The second-order valence-corrected chi connectivity index (χ2v) is 9.71. The molecule has 0 bridgehead atoms. The van der Waals surface area contributed by atoms with Gasteiger partial charge in [0.2, 0.25) is 0 Å². The number of nitrogens with zero attached hydrogens (tertiary/aromatic N) is 1. The summed E-state index contributed by atoms with van der Waals surface area (Å²) in [5, 5.41) is -0.315. The SMILES string of the molecule is COc1cc(/C=C2\SC(=O)N(Cc3ccc(F)cc3Cl)C2=O)cc(Br)c1OCc1ccc(F)cc1. The Hall–Kier alpha value is -2.88. The average Bonchev–Trinajstić information content (AvgIpc) is 3.08. The van der Waals surface area contributed by atoms with E-state index in [2.05, 4.69) is 15.9 Å². The summed E-state index contributed by atoms with van der Waals surface area (Å²) in [6.07, 6.45) is 1.58. The van der Waals surface area contributed by atoms with E-state index in [-0.39, 0.29) is 28.9 Å². The second-order valence-electron chi connectivity index (χ2n) is 7.45. The van der Waals surface area contributed by atoms with Crippen LogP contribution in [0.2, 0.25) is 5.02 Å². The third-order valence-corrected chi connectivity index (χ3v) is 6.91. The lowest BCUT2D eigenvalue weighted by Crippen LogP contribution is -2.27. The smallest absolute Gasteiger partial charge is 0.293 e. The summed E-state index contributed by atoms with van der Waals surface area (Å²) in [6.45, 7) is 0.129. The predicted octanol–water partition coefficient (Wildman–Crippen LogP) is 7.20. The lowest BCUT2D eigenvalue weighted by molar-refractivity contribution is -0.123. The molecule has 0 aromatic heterocycles. The van der Waals surface area contributed by atoms with Crippen LogP contribution in [0.25, 0.3) is 6.08 Å². The lowest BCUT2D eigenvalue weighted by atomic mass is 10.1. The fourth-order valence-electron chi connectivity index (χ4n) is 3.31. The molecule has 5 nitrogen and oxygen atoms in total. The number of ether oxygens (including phenoxy) is 2. The van der Waals surface area contributed by atoms with Gasteiger partial charge in [-0.1, -0.05) is 29.8 Å². The van der Waals surface area contributed by atoms with Gasteiger partial charge in [0.25, 0.3) is 11.1 Å². The molecule has 1 aliphatic heterocycles. The third kappa shape index (κ3) is 5.86. The topological polar surface area (TPSA) is 55.8 Å². The van der Waals surface area contributed by atoms with Gasteiger partial charge < -0.3 is 9.47 Å². The Labute approximate surface area is 217 Å². The van der Waals surface area contributed by atoms with Crippen LogP contribution in [0.4, 0.5) is 13.6 Å². The van der Waals surface area contributed by atoms with Gasteiger partial charge in [0, 0.05) is 5.02 Å². The molecule has 1 aliphatic rings. The molecule has 4 rings (SSSR count). The summed E-state index contributed by atoms with van der Waals surface area (Å²) in [7, 11) is 1.48. The standard InChI is InChI=1S/C25H17BrClF2NO4S/c1-33-21-9-15(8-19(26)23(21)34-13-14-2-5-17(28)6-3-14)10-22-24(31)30(25(32)35-22)12-16-4-7-18(29)11-20(16)27/h2-11H,12-13H2,1H3/b22-10-. The highest BCUT2D eigenvalue weighted by atomic mass is 79.9. The highest BCUT2D eigenvalue weighted by molar-refractivity contribution is 9.10. The van der Waals surface area contributed by atoms with E-state index < -0.39 is 17.0 Å². The fourth-order valence-corrected chi connectivity index (χ4v) is 4.95. The van der Waals surface area contributed by atoms with Crippen molar-refractivity contribution < 1.29 is 27.8 Å². The largest absolute Gasteiger partial charge is 0.493 e.